The van der Waals surface area contributed by atoms with Crippen molar-refractivity contribution >= 4 is 207 Å². The summed E-state index contributed by atoms with van der Waals surface area (Å²) in [5.74, 6) is -23.5. The van der Waals surface area contributed by atoms with E-state index in [1.165, 1.54) is 24.3 Å². The van der Waals surface area contributed by atoms with Gasteiger partial charge in [0.05, 0.1) is 80.1 Å². The van der Waals surface area contributed by atoms with Crippen molar-refractivity contribution in [1.29, 1.82) is 0 Å². The first-order valence-corrected chi connectivity index (χ1v) is 44.4. The minimum atomic E-state index is -4.73. The molecule has 3 heterocycles. The molecule has 8 atom stereocenters. The number of hydrogen-bond donors (Lipinski definition) is 16. The van der Waals surface area contributed by atoms with Gasteiger partial charge in [-0.2, -0.15) is 13.0 Å². The lowest BCUT2D eigenvalue weighted by Crippen LogP contribution is -2.61. The normalized spacial score (nSPS) is 16.3. The molecule has 1 aromatic heterocycles. The van der Waals surface area contributed by atoms with Crippen molar-refractivity contribution in [2.24, 2.45) is 0 Å². The lowest BCUT2D eigenvalue weighted by Gasteiger charge is -2.38. The summed E-state index contributed by atoms with van der Waals surface area (Å²) in [6, 6.07) is -7.07. The zero-order chi connectivity index (χ0) is 91.9. The van der Waals surface area contributed by atoms with Crippen LogP contribution in [0, 0.1) is 0 Å². The Bertz CT molecular complexity index is 5150. The van der Waals surface area contributed by atoms with E-state index in [2.05, 4.69) is 84.7 Å². The van der Waals surface area contributed by atoms with E-state index in [1.807, 2.05) is 87.4 Å². The van der Waals surface area contributed by atoms with Gasteiger partial charge in [0.1, 0.15) is 64.5 Å². The summed E-state index contributed by atoms with van der Waals surface area (Å²) in [6.45, 7) is 10.9. The van der Waals surface area contributed by atoms with Gasteiger partial charge in [-0.25, -0.2) is 18.2 Å². The van der Waals surface area contributed by atoms with E-state index in [9.17, 15) is 134 Å². The van der Waals surface area contributed by atoms with Crippen molar-refractivity contribution in [1.82, 2.24) is 52.1 Å². The van der Waals surface area contributed by atoms with E-state index in [-0.39, 0.29) is 61.3 Å². The Balaban J connectivity index is 1.03. The molecule has 16 N–H and O–H groups in total. The first-order valence-electron chi connectivity index (χ1n) is 38.3. The third kappa shape index (κ3) is 28.3. The fourth-order valence-corrected chi connectivity index (χ4v) is 17.6. The molecule has 6 rings (SSSR count). The van der Waals surface area contributed by atoms with E-state index in [0.717, 1.165) is 58.7 Å². The van der Waals surface area contributed by atoms with Crippen LogP contribution >= 0.6 is 63.7 Å². The monoisotopic (exact) mass is 2010 g/mol. The molecule has 40 nitrogen and oxygen atoms in total. The quantitative estimate of drug-likeness (QED) is 0.00670. The number of anilines is 1. The zero-order valence-corrected chi connectivity index (χ0v) is 74.9. The van der Waals surface area contributed by atoms with E-state index in [4.69, 9.17) is 0 Å². The number of carbonyl (C=O) groups excluding carboxylic acids is 8. The average Bonchev–Trinajstić information content (AvgIpc) is 1.59. The predicted molar refractivity (Wildman–Crippen MR) is 450 cm³/mol. The van der Waals surface area contributed by atoms with Crippen LogP contribution in [0.2, 0.25) is 0 Å². The van der Waals surface area contributed by atoms with Crippen molar-refractivity contribution in [3.8, 4) is 0 Å². The summed E-state index contributed by atoms with van der Waals surface area (Å²) in [6.07, 6.45) is 5.58. The number of fused-ring (bicyclic) bond motifs is 3. The molecule has 4 aromatic rings. The highest BCUT2D eigenvalue weighted by Gasteiger charge is 2.46. The Morgan fingerprint density at radius 1 is 0.528 bits per heavy atom. The van der Waals surface area contributed by atoms with Gasteiger partial charge in [-0.05, 0) is 173 Å². The van der Waals surface area contributed by atoms with Gasteiger partial charge in [-0.1, -0.05) is 49.6 Å². The molecule has 0 saturated heterocycles. The number of carbonyl (C=O) groups is 15. The lowest BCUT2D eigenvalue weighted by atomic mass is 9.81. The van der Waals surface area contributed by atoms with Gasteiger partial charge in [0.2, 0.25) is 52.9 Å². The number of carboxylic acid groups (broad SMARTS) is 7. The standard InChI is InChI=1S/C77H94Br4N12O28S2/c1-6-92-52-27-25-40(122(116,117)118)31-44(52)76(3,4)54(92)21-13-11-12-19-43-42-26-24-41(123(119,120)121)32-53(42)93(7-2)77(43,5)28-18-23-55(94)82-29-16-15-20-45(75(114)115)85-70(109)47(34-58(98)99)87-72(111)49(36-60(102)103)89-74(113)51(38-62(106)107)90-73(112)50(37-61(104)105)88-71(110)48(35-59(100)101)86-69(108)46(33-57(96)97)84-56(95)22-14-9-8-10-17-30-91-39-83-67-65(80)63(78)64(79)66(81)68(67)91/h11-13,19,21,24-27,31-32,39,45-51H,6-10,14-18,20,22-23,28-30,33-38H2,1-5H3,(H16-,82,84,85,86,87,88,89,90,94,95,96,97,98,99,100,101,102,103,104,105,106,107,108,109,110,111,112,113,114,115,116,117,118,119,120,121)/t45-,46-,47-,48-,49-,50-,51-,77?/m0/s1. The molecule has 0 saturated carbocycles. The smallest absolute Gasteiger partial charge is 0.326 e. The molecular formula is C77H94Br4N12O28S2. The number of benzene rings is 3. The van der Waals surface area contributed by atoms with Gasteiger partial charge in [0.15, 0.2) is 5.71 Å². The topological polar surface area (TPSA) is 630 Å². The Hall–Kier alpha value is -10.4. The molecule has 670 valence electrons. The van der Waals surface area contributed by atoms with Crippen molar-refractivity contribution in [2.75, 3.05) is 24.5 Å². The summed E-state index contributed by atoms with van der Waals surface area (Å²) in [5.41, 5.74) is 4.07. The van der Waals surface area contributed by atoms with Gasteiger partial charge in [-0.3, -0.25) is 71.7 Å². The van der Waals surface area contributed by atoms with Crippen molar-refractivity contribution < 1.29 is 138 Å². The number of nitrogens with zero attached hydrogens (tertiary/aromatic N) is 4. The number of carboxylic acids is 7. The minimum Gasteiger partial charge on any atom is -0.744 e. The van der Waals surface area contributed by atoms with Crippen LogP contribution in [0.4, 0.5) is 11.4 Å². The second-order valence-electron chi connectivity index (χ2n) is 29.4. The summed E-state index contributed by atoms with van der Waals surface area (Å²) in [7, 11) is -9.37. The van der Waals surface area contributed by atoms with Crippen molar-refractivity contribution in [3.63, 3.8) is 0 Å². The fraction of sp³-hybridized carbons (Fsp3) is 0.468. The molecule has 2 aliphatic rings. The molecule has 3 aromatic carbocycles. The minimum absolute atomic E-state index is 0.0200. The summed E-state index contributed by atoms with van der Waals surface area (Å²) in [5, 5.41) is 85.0. The molecule has 46 heteroatoms. The molecule has 0 aliphatic carbocycles. The van der Waals surface area contributed by atoms with Crippen LogP contribution in [0.3, 0.4) is 0 Å². The maximum atomic E-state index is 13.8. The number of unbranched alkanes of at least 4 members (excludes halogenated alkanes) is 5. The van der Waals surface area contributed by atoms with Crippen LogP contribution in [0.5, 0.6) is 0 Å². The van der Waals surface area contributed by atoms with Crippen LogP contribution in [-0.2, 0) is 104 Å². The Labute approximate surface area is 738 Å². The molecule has 0 radical (unpaired) electrons. The fourth-order valence-electron chi connectivity index (χ4n) is 14.2. The molecule has 1 unspecified atom stereocenters. The molecule has 0 bridgehead atoms. The van der Waals surface area contributed by atoms with Gasteiger partial charge < -0.3 is 92.3 Å². The Kier molecular flexibility index (Phi) is 37.4. The van der Waals surface area contributed by atoms with Crippen molar-refractivity contribution in [2.45, 2.75) is 220 Å². The van der Waals surface area contributed by atoms with Gasteiger partial charge in [0, 0.05) is 70.4 Å². The first-order chi connectivity index (χ1) is 57.5. The molecule has 8 amide bonds. The van der Waals surface area contributed by atoms with E-state index >= 15 is 0 Å². The lowest BCUT2D eigenvalue weighted by molar-refractivity contribution is -0.433. The number of halogens is 4. The predicted octanol–water partition coefficient (Wildman–Crippen LogP) is 5.25. The average molecular weight is 2020 g/mol. The number of likely N-dealkylation sites (N-methyl/N-ethyl adjacent to an activating group) is 1. The largest absolute Gasteiger partial charge is 0.744 e. The molecule has 123 heavy (non-hydrogen) atoms. The molecular weight excluding hydrogens is 1920 g/mol. The molecule has 0 fully saturated rings. The second kappa shape index (κ2) is 45.3. The van der Waals surface area contributed by atoms with Crippen LogP contribution in [0.1, 0.15) is 161 Å². The third-order valence-electron chi connectivity index (χ3n) is 20.2. The van der Waals surface area contributed by atoms with Gasteiger partial charge in [0.25, 0.3) is 10.1 Å². The summed E-state index contributed by atoms with van der Waals surface area (Å²) in [4.78, 5) is 200. The van der Waals surface area contributed by atoms with E-state index in [1.54, 1.807) is 36.7 Å². The second-order valence-corrected chi connectivity index (χ2v) is 35.4. The number of hydrogen-bond acceptors (Lipinski definition) is 22. The molecule has 0 spiro atoms. The van der Waals surface area contributed by atoms with E-state index in [0.29, 0.717) is 55.7 Å². The maximum Gasteiger partial charge on any atom is 0.326 e. The van der Waals surface area contributed by atoms with Gasteiger partial charge in [-0.15, -0.1) is 0 Å². The third-order valence-corrected chi connectivity index (χ3v) is 26.6. The highest BCUT2D eigenvalue weighted by Crippen LogP contribution is 2.51. The molecule has 2 aliphatic heterocycles. The van der Waals surface area contributed by atoms with Crippen molar-refractivity contribution in [3.05, 3.63) is 102 Å². The zero-order valence-electron chi connectivity index (χ0n) is 66.9. The number of nitrogens with one attached hydrogen (secondary N) is 8. The SMILES string of the molecule is CCN1c2cc(S(=O)(=O)O)ccc2\C(=C/C=C/C=C/C2=[N+](CC)c3ccc(S(=O)(=O)[O-])cc3C2(C)C)C1(C)CCCC(=O)NCCCC[C@H](NC(=O)[C@H](CC(=O)O)NC(=O)[C@H](CC(=O)O)NC(=O)[C@H](CC(=O)O)NC(=O)[C@H](CC(=O)O)NC(=O)[C@H](CC(=O)O)NC(=O)[C@H](CC(=O)O)NC(=O)CCCCCCCn1cnc2c(Br)c(Br)c(Br)c(Br)c21)C(=O)O. The maximum absolute atomic E-state index is 13.8. The van der Waals surface area contributed by atoms with E-state index < -0.39 is 201 Å². The summed E-state index contributed by atoms with van der Waals surface area (Å²) < 4.78 is 77.6. The van der Waals surface area contributed by atoms with Crippen LogP contribution < -0.4 is 47.4 Å². The number of amides is 8. The highest BCUT2D eigenvalue weighted by molar-refractivity contribution is 9.15. The number of imidazole rings is 1. The first kappa shape index (κ1) is 101. The number of aliphatic carboxylic acids is 7. The number of allylic oxidation sites excluding steroid dienone is 5. The Morgan fingerprint density at radius 3 is 1.45 bits per heavy atom. The highest BCUT2D eigenvalue weighted by atomic mass is 79.9. The number of aryl methyl sites for hydroxylation is 1. The van der Waals surface area contributed by atoms with Gasteiger partial charge >= 0.3 is 41.8 Å². The summed E-state index contributed by atoms with van der Waals surface area (Å²) >= 11 is 14.2. The van der Waals surface area contributed by atoms with Crippen LogP contribution in [0.15, 0.2) is 101 Å². The van der Waals surface area contributed by atoms with Crippen LogP contribution in [-0.4, -0.2) is 238 Å². The van der Waals surface area contributed by atoms with Crippen LogP contribution in [0.25, 0.3) is 16.6 Å². The number of rotatable bonds is 50. The Morgan fingerprint density at radius 2 is 0.984 bits per heavy atom. The number of aromatic nitrogens is 2.